The number of hydrogen-bond donors (Lipinski definition) is 0. The predicted molar refractivity (Wildman–Crippen MR) is 144 cm³/mol. The maximum Gasteiger partial charge on any atom is 0.251 e. The van der Waals surface area contributed by atoms with Crippen LogP contribution in [0.3, 0.4) is 0 Å². The lowest BCUT2D eigenvalue weighted by molar-refractivity contribution is 0.239. The van der Waals surface area contributed by atoms with Crippen LogP contribution in [0.2, 0.25) is 0 Å². The summed E-state index contributed by atoms with van der Waals surface area (Å²) in [6.07, 6.45) is 2.16. The average Bonchev–Trinajstić information content (AvgIpc) is 3.33. The van der Waals surface area contributed by atoms with Crippen molar-refractivity contribution in [2.45, 2.75) is 32.7 Å². The third-order valence-electron chi connectivity index (χ3n) is 6.74. The second-order valence-corrected chi connectivity index (χ2v) is 10.3. The second kappa shape index (κ2) is 10.2. The van der Waals surface area contributed by atoms with E-state index in [4.69, 9.17) is 4.74 Å². The van der Waals surface area contributed by atoms with E-state index < -0.39 is 0 Å². The first-order valence-corrected chi connectivity index (χ1v) is 13.2. The number of fused-ring (bicyclic) bond motifs is 2. The molecule has 34 heavy (non-hydrogen) atoms. The molecule has 5 rings (SSSR count). The number of benzene rings is 2. The van der Waals surface area contributed by atoms with Crippen molar-refractivity contribution in [3.8, 4) is 5.75 Å². The molecule has 0 atom stereocenters. The van der Waals surface area contributed by atoms with Crippen molar-refractivity contribution in [3.63, 3.8) is 0 Å². The van der Waals surface area contributed by atoms with E-state index in [1.54, 1.807) is 6.07 Å². The van der Waals surface area contributed by atoms with Gasteiger partial charge in [0.1, 0.15) is 5.75 Å². The van der Waals surface area contributed by atoms with Gasteiger partial charge in [-0.3, -0.25) is 9.69 Å². The summed E-state index contributed by atoms with van der Waals surface area (Å²) in [4.78, 5) is 17.4. The lowest BCUT2D eigenvalue weighted by Crippen LogP contribution is -2.46. The zero-order valence-corrected chi connectivity index (χ0v) is 20.9. The molecule has 0 radical (unpaired) electrons. The van der Waals surface area contributed by atoms with Crippen molar-refractivity contribution >= 4 is 38.0 Å². The Labute approximate surface area is 205 Å². The topological polar surface area (TPSA) is 37.7 Å². The van der Waals surface area contributed by atoms with Gasteiger partial charge in [0.15, 0.2) is 0 Å². The maximum atomic E-state index is 12.3. The van der Waals surface area contributed by atoms with Crippen LogP contribution in [0.5, 0.6) is 5.75 Å². The average molecular weight is 476 g/mol. The molecule has 1 fully saturated rings. The molecule has 6 heteroatoms. The highest BCUT2D eigenvalue weighted by Crippen LogP contribution is 2.31. The van der Waals surface area contributed by atoms with Crippen molar-refractivity contribution in [2.75, 3.05) is 44.2 Å². The second-order valence-electron chi connectivity index (χ2n) is 9.35. The molecule has 0 amide bonds. The fourth-order valence-corrected chi connectivity index (χ4v) is 5.76. The van der Waals surface area contributed by atoms with Gasteiger partial charge in [0.05, 0.1) is 12.1 Å². The molecule has 0 aliphatic carbocycles. The summed E-state index contributed by atoms with van der Waals surface area (Å²) in [6.45, 7) is 10.3. The number of rotatable bonds is 8. The van der Waals surface area contributed by atoms with E-state index in [0.29, 0.717) is 6.61 Å². The summed E-state index contributed by atoms with van der Waals surface area (Å²) in [5.41, 5.74) is 2.35. The highest BCUT2D eigenvalue weighted by molar-refractivity contribution is 7.17. The molecule has 0 N–H and O–H groups in total. The molecule has 0 saturated carbocycles. The SMILES string of the molecule is CC(C)n1c(=O)ccc2ccc(OCCCCN3CCN(c4cccc5sccc45)CC3)cc21. The van der Waals surface area contributed by atoms with Crippen LogP contribution in [0.4, 0.5) is 5.69 Å². The van der Waals surface area contributed by atoms with E-state index in [9.17, 15) is 4.79 Å². The fraction of sp³-hybridized carbons (Fsp3) is 0.393. The van der Waals surface area contributed by atoms with Gasteiger partial charge in [-0.25, -0.2) is 0 Å². The van der Waals surface area contributed by atoms with E-state index in [2.05, 4.69) is 39.4 Å². The number of hydrogen-bond acceptors (Lipinski definition) is 5. The number of piperazine rings is 1. The van der Waals surface area contributed by atoms with Crippen LogP contribution in [-0.4, -0.2) is 48.8 Å². The number of nitrogens with zero attached hydrogens (tertiary/aromatic N) is 3. The summed E-state index contributed by atoms with van der Waals surface area (Å²) in [6, 6.07) is 18.6. The monoisotopic (exact) mass is 475 g/mol. The smallest absolute Gasteiger partial charge is 0.251 e. The molecule has 3 heterocycles. The minimum Gasteiger partial charge on any atom is -0.494 e. The standard InChI is InChI=1S/C28H33N3O2S/c1-21(2)31-26-20-23(10-8-22(26)9-11-28(31)32)33-18-4-3-13-29-14-16-30(17-15-29)25-6-5-7-27-24(25)12-19-34-27/h5-12,19-21H,3-4,13-18H2,1-2H3. The van der Waals surface area contributed by atoms with E-state index in [0.717, 1.165) is 62.2 Å². The van der Waals surface area contributed by atoms with Gasteiger partial charge >= 0.3 is 0 Å². The van der Waals surface area contributed by atoms with Crippen LogP contribution in [0.25, 0.3) is 21.0 Å². The largest absolute Gasteiger partial charge is 0.494 e. The molecule has 1 aliphatic heterocycles. The highest BCUT2D eigenvalue weighted by atomic mass is 32.1. The third kappa shape index (κ3) is 4.84. The van der Waals surface area contributed by atoms with Gasteiger partial charge in [-0.2, -0.15) is 0 Å². The van der Waals surface area contributed by atoms with Gasteiger partial charge < -0.3 is 14.2 Å². The van der Waals surface area contributed by atoms with Gasteiger partial charge in [0.2, 0.25) is 0 Å². The van der Waals surface area contributed by atoms with Crippen molar-refractivity contribution < 1.29 is 4.74 Å². The van der Waals surface area contributed by atoms with Crippen LogP contribution in [-0.2, 0) is 0 Å². The Morgan fingerprint density at radius 3 is 2.62 bits per heavy atom. The molecule has 1 saturated heterocycles. The molecular weight excluding hydrogens is 442 g/mol. The van der Waals surface area contributed by atoms with Crippen molar-refractivity contribution in [2.24, 2.45) is 0 Å². The highest BCUT2D eigenvalue weighted by Gasteiger charge is 2.18. The van der Waals surface area contributed by atoms with Gasteiger partial charge in [-0.05, 0) is 80.4 Å². The summed E-state index contributed by atoms with van der Waals surface area (Å²) >= 11 is 1.82. The molecule has 1 aliphatic rings. The van der Waals surface area contributed by atoms with Gasteiger partial charge in [-0.15, -0.1) is 11.3 Å². The summed E-state index contributed by atoms with van der Waals surface area (Å²) in [5, 5.41) is 4.64. The van der Waals surface area contributed by atoms with Crippen LogP contribution in [0.1, 0.15) is 32.7 Å². The number of anilines is 1. The molecule has 0 spiro atoms. The zero-order valence-electron chi connectivity index (χ0n) is 20.1. The maximum absolute atomic E-state index is 12.3. The van der Waals surface area contributed by atoms with Crippen molar-refractivity contribution in [1.29, 1.82) is 0 Å². The van der Waals surface area contributed by atoms with E-state index in [-0.39, 0.29) is 11.6 Å². The van der Waals surface area contributed by atoms with Gasteiger partial charge in [-0.1, -0.05) is 6.07 Å². The Morgan fingerprint density at radius 1 is 0.971 bits per heavy atom. The van der Waals surface area contributed by atoms with Crippen molar-refractivity contribution in [1.82, 2.24) is 9.47 Å². The molecule has 4 aromatic rings. The minimum absolute atomic E-state index is 0.0340. The summed E-state index contributed by atoms with van der Waals surface area (Å²) in [5.74, 6) is 0.837. The molecule has 0 bridgehead atoms. The van der Waals surface area contributed by atoms with E-state index >= 15 is 0 Å². The van der Waals surface area contributed by atoms with Crippen LogP contribution < -0.4 is 15.2 Å². The van der Waals surface area contributed by atoms with Crippen molar-refractivity contribution in [3.05, 3.63) is 70.3 Å². The Hall–Kier alpha value is -2.83. The number of thiophene rings is 1. The van der Waals surface area contributed by atoms with Gasteiger partial charge in [0, 0.05) is 60.1 Å². The minimum atomic E-state index is 0.0340. The number of unbranched alkanes of at least 4 members (excludes halogenated alkanes) is 1. The number of pyridine rings is 1. The lowest BCUT2D eigenvalue weighted by atomic mass is 10.1. The van der Waals surface area contributed by atoms with Gasteiger partial charge in [0.25, 0.3) is 5.56 Å². The first kappa shape index (κ1) is 22.9. The quantitative estimate of drug-likeness (QED) is 0.303. The Bertz CT molecular complexity index is 1320. The normalized spacial score (nSPS) is 15.0. The fourth-order valence-electron chi connectivity index (χ4n) is 4.95. The molecule has 0 unspecified atom stereocenters. The lowest BCUT2D eigenvalue weighted by Gasteiger charge is -2.36. The summed E-state index contributed by atoms with van der Waals surface area (Å²) in [7, 11) is 0. The van der Waals surface area contributed by atoms with Crippen LogP contribution >= 0.6 is 11.3 Å². The molecule has 178 valence electrons. The molecule has 2 aromatic heterocycles. The Kier molecular flexibility index (Phi) is 6.88. The number of ether oxygens (including phenoxy) is 1. The molecule has 2 aromatic carbocycles. The summed E-state index contributed by atoms with van der Waals surface area (Å²) < 4.78 is 9.25. The Morgan fingerprint density at radius 2 is 1.79 bits per heavy atom. The Balaban J connectivity index is 1.09. The first-order chi connectivity index (χ1) is 16.6. The van der Waals surface area contributed by atoms with E-state index in [1.165, 1.54) is 15.8 Å². The van der Waals surface area contributed by atoms with Crippen LogP contribution in [0.15, 0.2) is 64.8 Å². The molecule has 5 nitrogen and oxygen atoms in total. The zero-order chi connectivity index (χ0) is 23.5. The van der Waals surface area contributed by atoms with E-state index in [1.807, 2.05) is 54.0 Å². The predicted octanol–water partition coefficient (Wildman–Crippen LogP) is 5.78. The third-order valence-corrected chi connectivity index (χ3v) is 7.63. The number of aromatic nitrogens is 1. The molecular formula is C28H33N3O2S. The first-order valence-electron chi connectivity index (χ1n) is 12.3. The van der Waals surface area contributed by atoms with Crippen LogP contribution in [0, 0.1) is 0 Å².